The molecule has 2 saturated heterocycles. The maximum Gasteiger partial charge on any atom is 0.264 e. The Morgan fingerprint density at radius 3 is 2.61 bits per heavy atom. The number of aromatic amines is 1. The molecule has 3 aromatic heterocycles. The van der Waals surface area contributed by atoms with Crippen LogP contribution in [0.25, 0.3) is 21.5 Å². The van der Waals surface area contributed by atoms with Crippen molar-refractivity contribution in [3.63, 3.8) is 0 Å². The quantitative estimate of drug-likeness (QED) is 0.699. The molecular weight excluding hydrogens is 368 g/mol. The molecule has 5 heterocycles. The number of carbonyl (C=O) groups is 1. The monoisotopic (exact) mass is 394 g/mol. The predicted octanol–water partition coefficient (Wildman–Crippen LogP) is 4.22. The highest BCUT2D eigenvalue weighted by molar-refractivity contribution is 7.21. The topological polar surface area (TPSA) is 61.0 Å². The number of fused-ring (bicyclic) bond motifs is 3. The minimum atomic E-state index is 0.190. The molecular formula is C22H26N4OS. The zero-order chi connectivity index (χ0) is 19.6. The molecule has 1 amide bonds. The lowest BCUT2D eigenvalue weighted by atomic mass is 9.99. The van der Waals surface area contributed by atoms with E-state index < -0.39 is 0 Å². The van der Waals surface area contributed by atoms with Gasteiger partial charge in [-0.3, -0.25) is 9.78 Å². The Morgan fingerprint density at radius 2 is 2.00 bits per heavy atom. The molecule has 5 nitrogen and oxygen atoms in total. The third-order valence-electron chi connectivity index (χ3n) is 5.98. The van der Waals surface area contributed by atoms with Gasteiger partial charge in [0.1, 0.15) is 0 Å². The summed E-state index contributed by atoms with van der Waals surface area (Å²) < 4.78 is 1.21. The second kappa shape index (κ2) is 6.42. The maximum absolute atomic E-state index is 13.1. The number of rotatable bonds is 3. The Balaban J connectivity index is 1.57. The van der Waals surface area contributed by atoms with Gasteiger partial charge in [-0.05, 0) is 49.9 Å². The summed E-state index contributed by atoms with van der Waals surface area (Å²) >= 11 is 1.64. The average molecular weight is 395 g/mol. The van der Waals surface area contributed by atoms with Crippen LogP contribution < -0.4 is 5.32 Å². The van der Waals surface area contributed by atoms with E-state index in [2.05, 4.69) is 52.2 Å². The number of carbonyl (C=O) groups excluding carboxylic acids is 1. The van der Waals surface area contributed by atoms with Gasteiger partial charge < -0.3 is 15.2 Å². The minimum absolute atomic E-state index is 0.190. The summed E-state index contributed by atoms with van der Waals surface area (Å²) in [5.41, 5.74) is 6.75. The van der Waals surface area contributed by atoms with E-state index in [4.69, 9.17) is 0 Å². The van der Waals surface area contributed by atoms with Gasteiger partial charge in [-0.25, -0.2) is 0 Å². The Kier molecular flexibility index (Phi) is 4.10. The molecule has 28 heavy (non-hydrogen) atoms. The first-order valence-corrected chi connectivity index (χ1v) is 10.9. The molecule has 2 atom stereocenters. The number of piperazine rings is 1. The lowest BCUT2D eigenvalue weighted by Crippen LogP contribution is -2.46. The van der Waals surface area contributed by atoms with Crippen LogP contribution in [-0.4, -0.2) is 45.9 Å². The summed E-state index contributed by atoms with van der Waals surface area (Å²) in [4.78, 5) is 24.2. The molecule has 6 heteroatoms. The van der Waals surface area contributed by atoms with Crippen LogP contribution in [-0.2, 0) is 0 Å². The number of aromatic nitrogens is 2. The molecule has 2 aliphatic heterocycles. The number of H-pyrrole nitrogens is 1. The largest absolute Gasteiger partial charge is 0.354 e. The third kappa shape index (κ3) is 2.78. The number of thiophene rings is 1. The molecule has 0 unspecified atom stereocenters. The van der Waals surface area contributed by atoms with Crippen LogP contribution in [0.5, 0.6) is 0 Å². The van der Waals surface area contributed by atoms with Gasteiger partial charge in [0.25, 0.3) is 5.91 Å². The second-order valence-electron chi connectivity index (χ2n) is 8.51. The highest BCUT2D eigenvalue weighted by atomic mass is 32.1. The van der Waals surface area contributed by atoms with Crippen LogP contribution in [0, 0.1) is 13.8 Å². The van der Waals surface area contributed by atoms with Gasteiger partial charge in [0.2, 0.25) is 0 Å². The first kappa shape index (κ1) is 17.9. The van der Waals surface area contributed by atoms with E-state index in [0.717, 1.165) is 47.0 Å². The lowest BCUT2D eigenvalue weighted by molar-refractivity contribution is 0.0721. The van der Waals surface area contributed by atoms with Crippen molar-refractivity contribution in [3.05, 3.63) is 40.0 Å². The smallest absolute Gasteiger partial charge is 0.264 e. The van der Waals surface area contributed by atoms with Crippen molar-refractivity contribution >= 4 is 27.5 Å². The van der Waals surface area contributed by atoms with Crippen LogP contribution >= 0.6 is 11.3 Å². The number of hydrogen-bond donors (Lipinski definition) is 2. The van der Waals surface area contributed by atoms with Gasteiger partial charge in [0.05, 0.1) is 20.8 Å². The molecule has 146 valence electrons. The van der Waals surface area contributed by atoms with Crippen LogP contribution in [0.4, 0.5) is 0 Å². The van der Waals surface area contributed by atoms with E-state index in [1.165, 1.54) is 15.8 Å². The first-order chi connectivity index (χ1) is 13.4. The molecule has 2 aliphatic rings. The molecule has 5 rings (SSSR count). The van der Waals surface area contributed by atoms with E-state index in [0.29, 0.717) is 18.0 Å². The zero-order valence-electron chi connectivity index (χ0n) is 16.8. The standard InChI is InChI=1S/C22H26N4OS/c1-11(2)19-20(14-5-12(3)24-13(4)6-14)25-17-8-18(28-21(17)19)22(27)26-10-15-7-16(26)9-23-15/h5-6,8,11,15-16,23,25H,7,9-10H2,1-4H3/t15-,16-/m0/s1. The van der Waals surface area contributed by atoms with Crippen molar-refractivity contribution < 1.29 is 4.79 Å². The normalized spacial score (nSPS) is 21.4. The SMILES string of the molecule is Cc1cc(-c2[nH]c3cc(C(=O)N4C[C@@H]5C[C@H]4CN5)sc3c2C(C)C)cc(C)n1. The van der Waals surface area contributed by atoms with Gasteiger partial charge in [-0.15, -0.1) is 11.3 Å². The summed E-state index contributed by atoms with van der Waals surface area (Å²) in [6, 6.07) is 7.16. The Hall–Kier alpha value is -2.18. The van der Waals surface area contributed by atoms with Crippen LogP contribution in [0.2, 0.25) is 0 Å². The first-order valence-electron chi connectivity index (χ1n) is 10.1. The van der Waals surface area contributed by atoms with Gasteiger partial charge >= 0.3 is 0 Å². The summed E-state index contributed by atoms with van der Waals surface area (Å²) in [6.45, 7) is 10.3. The van der Waals surface area contributed by atoms with Crippen LogP contribution in [0.15, 0.2) is 18.2 Å². The highest BCUT2D eigenvalue weighted by Crippen LogP contribution is 2.40. The fourth-order valence-corrected chi connectivity index (χ4v) is 6.08. The number of amides is 1. The lowest BCUT2D eigenvalue weighted by Gasteiger charge is -2.26. The van der Waals surface area contributed by atoms with Crippen molar-refractivity contribution in [2.75, 3.05) is 13.1 Å². The average Bonchev–Trinajstić information content (AvgIpc) is 3.38. The number of hydrogen-bond acceptors (Lipinski definition) is 4. The summed E-state index contributed by atoms with van der Waals surface area (Å²) in [5, 5.41) is 3.47. The van der Waals surface area contributed by atoms with Crippen LogP contribution in [0.1, 0.15) is 52.8 Å². The molecule has 0 saturated carbocycles. The maximum atomic E-state index is 13.1. The minimum Gasteiger partial charge on any atom is -0.354 e. The van der Waals surface area contributed by atoms with Crippen molar-refractivity contribution in [1.29, 1.82) is 0 Å². The van der Waals surface area contributed by atoms with Crippen LogP contribution in [0.3, 0.4) is 0 Å². The van der Waals surface area contributed by atoms with E-state index in [9.17, 15) is 4.79 Å². The number of nitrogens with one attached hydrogen (secondary N) is 2. The molecule has 2 N–H and O–H groups in total. The van der Waals surface area contributed by atoms with Crippen molar-refractivity contribution in [2.45, 2.75) is 52.1 Å². The number of likely N-dealkylation sites (tertiary alicyclic amines) is 1. The number of aryl methyl sites for hydroxylation is 2. The Labute approximate surface area is 169 Å². The van der Waals surface area contributed by atoms with Gasteiger partial charge in [0.15, 0.2) is 0 Å². The highest BCUT2D eigenvalue weighted by Gasteiger charge is 2.40. The van der Waals surface area contributed by atoms with Crippen molar-refractivity contribution in [3.8, 4) is 11.3 Å². The van der Waals surface area contributed by atoms with E-state index in [1.54, 1.807) is 11.3 Å². The second-order valence-corrected chi connectivity index (χ2v) is 9.56. The molecule has 0 spiro atoms. The fourth-order valence-electron chi connectivity index (χ4n) is 4.81. The van der Waals surface area contributed by atoms with Gasteiger partial charge in [-0.2, -0.15) is 0 Å². The zero-order valence-corrected chi connectivity index (χ0v) is 17.6. The number of pyridine rings is 1. The molecule has 2 fully saturated rings. The molecule has 3 aromatic rings. The van der Waals surface area contributed by atoms with E-state index >= 15 is 0 Å². The van der Waals surface area contributed by atoms with Gasteiger partial charge in [0, 0.05) is 42.1 Å². The number of nitrogens with zero attached hydrogens (tertiary/aromatic N) is 2. The van der Waals surface area contributed by atoms with Gasteiger partial charge in [-0.1, -0.05) is 13.8 Å². The van der Waals surface area contributed by atoms with Crippen molar-refractivity contribution in [2.24, 2.45) is 0 Å². The predicted molar refractivity (Wildman–Crippen MR) is 114 cm³/mol. The summed E-state index contributed by atoms with van der Waals surface area (Å²) in [7, 11) is 0. The molecule has 0 aromatic carbocycles. The molecule has 0 aliphatic carbocycles. The Morgan fingerprint density at radius 1 is 1.25 bits per heavy atom. The molecule has 0 radical (unpaired) electrons. The summed E-state index contributed by atoms with van der Waals surface area (Å²) in [6.07, 6.45) is 1.09. The molecule has 2 bridgehead atoms. The van der Waals surface area contributed by atoms with E-state index in [1.807, 2.05) is 13.8 Å². The van der Waals surface area contributed by atoms with Crippen molar-refractivity contribution in [1.82, 2.24) is 20.2 Å². The third-order valence-corrected chi connectivity index (χ3v) is 7.14. The fraction of sp³-hybridized carbons (Fsp3) is 0.455. The summed E-state index contributed by atoms with van der Waals surface area (Å²) in [5.74, 6) is 0.557. The Bertz CT molecular complexity index is 1060. The van der Waals surface area contributed by atoms with E-state index in [-0.39, 0.29) is 5.91 Å².